The summed E-state index contributed by atoms with van der Waals surface area (Å²) >= 11 is 0. The SMILES string of the molecule is CCn1ccnc1[C@H]1OCCC[C@@H]1NC1CCCN(Cc2ccccc2)C1. The normalized spacial score (nSPS) is 26.9. The van der Waals surface area contributed by atoms with Crippen LogP contribution in [0.3, 0.4) is 0 Å². The highest BCUT2D eigenvalue weighted by Crippen LogP contribution is 2.28. The number of ether oxygens (including phenoxy) is 1. The number of imidazole rings is 1. The minimum absolute atomic E-state index is 0.0678. The Morgan fingerprint density at radius 1 is 1.19 bits per heavy atom. The van der Waals surface area contributed by atoms with Crippen molar-refractivity contribution in [1.29, 1.82) is 0 Å². The number of aryl methyl sites for hydroxylation is 1. The van der Waals surface area contributed by atoms with Crippen molar-refractivity contribution in [3.05, 3.63) is 54.1 Å². The number of piperidine rings is 1. The number of benzene rings is 1. The first kappa shape index (κ1) is 18.7. The van der Waals surface area contributed by atoms with Crippen molar-refractivity contribution in [2.45, 2.75) is 63.9 Å². The lowest BCUT2D eigenvalue weighted by molar-refractivity contribution is -0.0236. The van der Waals surface area contributed by atoms with Crippen LogP contribution in [-0.4, -0.2) is 46.2 Å². The minimum atomic E-state index is 0.0678. The molecule has 2 aromatic rings. The molecule has 0 amide bonds. The zero-order valence-corrected chi connectivity index (χ0v) is 16.4. The van der Waals surface area contributed by atoms with Crippen molar-refractivity contribution in [1.82, 2.24) is 19.8 Å². The standard InChI is InChI=1S/C22H32N4O/c1-2-26-14-12-23-22(26)21-20(11-7-15-27-21)24-19-10-6-13-25(17-19)16-18-8-4-3-5-9-18/h3-5,8-9,12,14,19-21,24H,2,6-7,10-11,13,15-17H2,1H3/t19?,20-,21-/m0/s1. The largest absolute Gasteiger partial charge is 0.369 e. The summed E-state index contributed by atoms with van der Waals surface area (Å²) in [5.41, 5.74) is 1.40. The molecule has 3 heterocycles. The molecule has 0 saturated carbocycles. The van der Waals surface area contributed by atoms with E-state index in [1.54, 1.807) is 0 Å². The molecule has 5 heteroatoms. The van der Waals surface area contributed by atoms with Crippen molar-refractivity contribution in [2.24, 2.45) is 0 Å². The maximum absolute atomic E-state index is 6.18. The van der Waals surface area contributed by atoms with Gasteiger partial charge >= 0.3 is 0 Å². The van der Waals surface area contributed by atoms with E-state index in [4.69, 9.17) is 4.74 Å². The van der Waals surface area contributed by atoms with E-state index < -0.39 is 0 Å². The molecular formula is C22H32N4O. The number of likely N-dealkylation sites (tertiary alicyclic amines) is 1. The molecule has 2 fully saturated rings. The van der Waals surface area contributed by atoms with Gasteiger partial charge < -0.3 is 14.6 Å². The van der Waals surface area contributed by atoms with Gasteiger partial charge in [0, 0.05) is 50.7 Å². The van der Waals surface area contributed by atoms with Crippen LogP contribution >= 0.6 is 0 Å². The molecule has 0 aliphatic carbocycles. The van der Waals surface area contributed by atoms with E-state index in [-0.39, 0.29) is 6.10 Å². The molecule has 0 bridgehead atoms. The summed E-state index contributed by atoms with van der Waals surface area (Å²) < 4.78 is 8.40. The van der Waals surface area contributed by atoms with E-state index in [1.165, 1.54) is 24.9 Å². The van der Waals surface area contributed by atoms with Gasteiger partial charge in [-0.2, -0.15) is 0 Å². The number of hydrogen-bond donors (Lipinski definition) is 1. The van der Waals surface area contributed by atoms with Gasteiger partial charge in [0.1, 0.15) is 11.9 Å². The fourth-order valence-corrected chi connectivity index (χ4v) is 4.53. The highest BCUT2D eigenvalue weighted by molar-refractivity contribution is 5.14. The van der Waals surface area contributed by atoms with Gasteiger partial charge in [-0.15, -0.1) is 0 Å². The molecule has 4 rings (SSSR count). The van der Waals surface area contributed by atoms with E-state index in [0.717, 1.165) is 44.9 Å². The van der Waals surface area contributed by atoms with Gasteiger partial charge in [-0.1, -0.05) is 30.3 Å². The third-order valence-corrected chi connectivity index (χ3v) is 5.87. The van der Waals surface area contributed by atoms with Crippen LogP contribution in [0.2, 0.25) is 0 Å². The summed E-state index contributed by atoms with van der Waals surface area (Å²) in [6.45, 7) is 7.29. The van der Waals surface area contributed by atoms with Crippen molar-refractivity contribution >= 4 is 0 Å². The molecule has 2 aliphatic heterocycles. The van der Waals surface area contributed by atoms with Crippen molar-refractivity contribution < 1.29 is 4.74 Å². The molecule has 5 nitrogen and oxygen atoms in total. The molecule has 1 N–H and O–H groups in total. The lowest BCUT2D eigenvalue weighted by atomic mass is 9.97. The molecule has 2 aliphatic rings. The number of nitrogens with one attached hydrogen (secondary N) is 1. The lowest BCUT2D eigenvalue weighted by Crippen LogP contribution is -2.52. The molecule has 27 heavy (non-hydrogen) atoms. The zero-order valence-electron chi connectivity index (χ0n) is 16.4. The molecule has 0 spiro atoms. The monoisotopic (exact) mass is 368 g/mol. The van der Waals surface area contributed by atoms with E-state index in [2.05, 4.69) is 63.2 Å². The summed E-state index contributed by atoms with van der Waals surface area (Å²) in [5.74, 6) is 1.08. The fourth-order valence-electron chi connectivity index (χ4n) is 4.53. The Hall–Kier alpha value is -1.69. The van der Waals surface area contributed by atoms with Crippen LogP contribution in [0, 0.1) is 0 Å². The first-order valence-corrected chi connectivity index (χ1v) is 10.5. The second-order valence-electron chi connectivity index (χ2n) is 7.84. The van der Waals surface area contributed by atoms with E-state index in [1.807, 2.05) is 6.20 Å². The van der Waals surface area contributed by atoms with Crippen LogP contribution in [0.15, 0.2) is 42.7 Å². The third-order valence-electron chi connectivity index (χ3n) is 5.87. The van der Waals surface area contributed by atoms with E-state index in [0.29, 0.717) is 12.1 Å². The quantitative estimate of drug-likeness (QED) is 0.849. The number of nitrogens with zero attached hydrogens (tertiary/aromatic N) is 3. The molecule has 2 saturated heterocycles. The van der Waals surface area contributed by atoms with Crippen LogP contribution in [0.4, 0.5) is 0 Å². The Kier molecular flexibility index (Phi) is 6.22. The molecule has 1 aromatic heterocycles. The van der Waals surface area contributed by atoms with Gasteiger partial charge in [0.2, 0.25) is 0 Å². The van der Waals surface area contributed by atoms with Gasteiger partial charge in [-0.3, -0.25) is 4.90 Å². The van der Waals surface area contributed by atoms with E-state index in [9.17, 15) is 0 Å². The first-order valence-electron chi connectivity index (χ1n) is 10.5. The van der Waals surface area contributed by atoms with Gasteiger partial charge in [-0.25, -0.2) is 4.98 Å². The molecule has 0 radical (unpaired) electrons. The van der Waals surface area contributed by atoms with Crippen LogP contribution in [0.25, 0.3) is 0 Å². The van der Waals surface area contributed by atoms with Crippen LogP contribution < -0.4 is 5.32 Å². The minimum Gasteiger partial charge on any atom is -0.369 e. The van der Waals surface area contributed by atoms with Gasteiger partial charge in [0.25, 0.3) is 0 Å². The van der Waals surface area contributed by atoms with Crippen molar-refractivity contribution in [2.75, 3.05) is 19.7 Å². The summed E-state index contributed by atoms with van der Waals surface area (Å²) in [5, 5.41) is 3.94. The average molecular weight is 369 g/mol. The Labute approximate surface area is 162 Å². The average Bonchev–Trinajstić information content (AvgIpc) is 3.18. The second kappa shape index (κ2) is 9.00. The summed E-state index contributed by atoms with van der Waals surface area (Å²) in [6, 6.07) is 11.7. The Morgan fingerprint density at radius 2 is 2.07 bits per heavy atom. The fraction of sp³-hybridized carbons (Fsp3) is 0.591. The van der Waals surface area contributed by atoms with Crippen LogP contribution in [-0.2, 0) is 17.8 Å². The summed E-state index contributed by atoms with van der Waals surface area (Å²) in [6.07, 6.45) is 8.82. The van der Waals surface area contributed by atoms with Crippen LogP contribution in [0.5, 0.6) is 0 Å². The van der Waals surface area contributed by atoms with Gasteiger partial charge in [0.05, 0.1) is 0 Å². The van der Waals surface area contributed by atoms with E-state index >= 15 is 0 Å². The molecular weight excluding hydrogens is 336 g/mol. The summed E-state index contributed by atoms with van der Waals surface area (Å²) in [7, 11) is 0. The van der Waals surface area contributed by atoms with Crippen molar-refractivity contribution in [3.63, 3.8) is 0 Å². The highest BCUT2D eigenvalue weighted by Gasteiger charge is 2.33. The zero-order chi connectivity index (χ0) is 18.5. The number of aromatic nitrogens is 2. The Balaban J connectivity index is 1.39. The lowest BCUT2D eigenvalue weighted by Gasteiger charge is -2.39. The van der Waals surface area contributed by atoms with Crippen LogP contribution in [0.1, 0.15) is 50.1 Å². The predicted molar refractivity (Wildman–Crippen MR) is 107 cm³/mol. The van der Waals surface area contributed by atoms with Crippen molar-refractivity contribution in [3.8, 4) is 0 Å². The second-order valence-corrected chi connectivity index (χ2v) is 7.84. The number of rotatable bonds is 6. The smallest absolute Gasteiger partial charge is 0.139 e. The van der Waals surface area contributed by atoms with Gasteiger partial charge in [-0.05, 0) is 44.7 Å². The topological polar surface area (TPSA) is 42.3 Å². The predicted octanol–water partition coefficient (Wildman–Crippen LogP) is 3.38. The Bertz CT molecular complexity index is 701. The Morgan fingerprint density at radius 3 is 2.93 bits per heavy atom. The summed E-state index contributed by atoms with van der Waals surface area (Å²) in [4.78, 5) is 7.20. The highest BCUT2D eigenvalue weighted by atomic mass is 16.5. The maximum atomic E-state index is 6.18. The molecule has 3 atom stereocenters. The molecule has 146 valence electrons. The number of hydrogen-bond acceptors (Lipinski definition) is 4. The first-order chi connectivity index (χ1) is 13.3. The van der Waals surface area contributed by atoms with Gasteiger partial charge in [0.15, 0.2) is 0 Å². The third kappa shape index (κ3) is 4.60. The maximum Gasteiger partial charge on any atom is 0.139 e. The molecule has 1 unspecified atom stereocenters. The molecule has 1 aromatic carbocycles.